The van der Waals surface area contributed by atoms with E-state index in [-0.39, 0.29) is 0 Å². The van der Waals surface area contributed by atoms with Gasteiger partial charge in [-0.3, -0.25) is 4.90 Å². The maximum Gasteiger partial charge on any atom is 0.0245 e. The van der Waals surface area contributed by atoms with Crippen LogP contribution in [0.1, 0.15) is 25.7 Å². The summed E-state index contributed by atoms with van der Waals surface area (Å²) < 4.78 is 0. The standard InChI is InChI=1S/C13H21ClN2/c1-15-12-6-8-16(9-7-12)10-11-4-2-3-5-13(11)14/h2,4,12,15H,3,5-10H2,1H3. The minimum Gasteiger partial charge on any atom is -0.317 e. The molecule has 0 aromatic rings. The number of hydrogen-bond donors (Lipinski definition) is 1. The van der Waals surface area contributed by atoms with E-state index < -0.39 is 0 Å². The summed E-state index contributed by atoms with van der Waals surface area (Å²) in [7, 11) is 2.06. The van der Waals surface area contributed by atoms with Gasteiger partial charge in [0, 0.05) is 17.6 Å². The van der Waals surface area contributed by atoms with Crippen LogP contribution in [-0.2, 0) is 0 Å². The van der Waals surface area contributed by atoms with Crippen LogP contribution in [0.15, 0.2) is 22.8 Å². The third-order valence-corrected chi connectivity index (χ3v) is 4.02. The number of nitrogens with zero attached hydrogens (tertiary/aromatic N) is 1. The highest BCUT2D eigenvalue weighted by atomic mass is 35.5. The molecule has 0 bridgehead atoms. The zero-order chi connectivity index (χ0) is 11.4. The number of piperidine rings is 1. The fourth-order valence-corrected chi connectivity index (χ4v) is 2.68. The monoisotopic (exact) mass is 240 g/mol. The van der Waals surface area contributed by atoms with E-state index in [2.05, 4.69) is 29.4 Å². The molecule has 1 saturated heterocycles. The Hall–Kier alpha value is -0.310. The minimum atomic E-state index is 0.711. The lowest BCUT2D eigenvalue weighted by Gasteiger charge is -2.32. The first-order valence-electron chi connectivity index (χ1n) is 6.23. The highest BCUT2D eigenvalue weighted by Gasteiger charge is 2.19. The zero-order valence-electron chi connectivity index (χ0n) is 10.0. The topological polar surface area (TPSA) is 15.3 Å². The van der Waals surface area contributed by atoms with Gasteiger partial charge in [0.25, 0.3) is 0 Å². The second-order valence-corrected chi connectivity index (χ2v) is 5.17. The zero-order valence-corrected chi connectivity index (χ0v) is 10.8. The number of halogens is 1. The summed E-state index contributed by atoms with van der Waals surface area (Å²) in [5, 5.41) is 4.43. The Morgan fingerprint density at radius 1 is 1.44 bits per heavy atom. The smallest absolute Gasteiger partial charge is 0.0245 e. The van der Waals surface area contributed by atoms with Crippen LogP contribution in [0.25, 0.3) is 0 Å². The van der Waals surface area contributed by atoms with E-state index in [0.29, 0.717) is 6.04 Å². The van der Waals surface area contributed by atoms with Gasteiger partial charge in [0.05, 0.1) is 0 Å². The number of likely N-dealkylation sites (tertiary alicyclic amines) is 1. The second-order valence-electron chi connectivity index (χ2n) is 4.71. The van der Waals surface area contributed by atoms with E-state index in [4.69, 9.17) is 11.6 Å². The molecule has 0 aromatic carbocycles. The molecule has 0 saturated carbocycles. The Kier molecular flexibility index (Phi) is 4.45. The minimum absolute atomic E-state index is 0.711. The second kappa shape index (κ2) is 5.85. The first kappa shape index (κ1) is 12.2. The fourth-order valence-electron chi connectivity index (χ4n) is 2.45. The summed E-state index contributed by atoms with van der Waals surface area (Å²) in [4.78, 5) is 2.52. The summed E-state index contributed by atoms with van der Waals surface area (Å²) in [6.07, 6.45) is 9.08. The van der Waals surface area contributed by atoms with Gasteiger partial charge in [-0.1, -0.05) is 23.8 Å². The summed E-state index contributed by atoms with van der Waals surface area (Å²) in [5.41, 5.74) is 1.33. The van der Waals surface area contributed by atoms with E-state index in [0.717, 1.165) is 24.4 Å². The predicted molar refractivity (Wildman–Crippen MR) is 69.8 cm³/mol. The molecule has 2 rings (SSSR count). The third-order valence-electron chi connectivity index (χ3n) is 3.59. The Morgan fingerprint density at radius 2 is 2.19 bits per heavy atom. The quantitative estimate of drug-likeness (QED) is 0.816. The van der Waals surface area contributed by atoms with Crippen molar-refractivity contribution in [2.24, 2.45) is 0 Å². The van der Waals surface area contributed by atoms with Crippen molar-refractivity contribution in [3.8, 4) is 0 Å². The van der Waals surface area contributed by atoms with Crippen molar-refractivity contribution in [2.75, 3.05) is 26.7 Å². The molecule has 0 amide bonds. The van der Waals surface area contributed by atoms with E-state index >= 15 is 0 Å². The molecule has 90 valence electrons. The van der Waals surface area contributed by atoms with Crippen LogP contribution >= 0.6 is 11.6 Å². The lowest BCUT2D eigenvalue weighted by atomic mass is 10.0. The largest absolute Gasteiger partial charge is 0.317 e. The number of allylic oxidation sites excluding steroid dienone is 2. The van der Waals surface area contributed by atoms with E-state index in [1.165, 1.54) is 31.5 Å². The van der Waals surface area contributed by atoms with Gasteiger partial charge in [-0.25, -0.2) is 0 Å². The summed E-state index contributed by atoms with van der Waals surface area (Å²) >= 11 is 6.25. The maximum atomic E-state index is 6.25. The molecule has 0 atom stereocenters. The molecule has 3 heteroatoms. The molecule has 1 aliphatic heterocycles. The third kappa shape index (κ3) is 3.09. The van der Waals surface area contributed by atoms with Gasteiger partial charge in [-0.2, -0.15) is 0 Å². The highest BCUT2D eigenvalue weighted by Crippen LogP contribution is 2.23. The van der Waals surface area contributed by atoms with E-state index in [1.54, 1.807) is 0 Å². The molecule has 1 N–H and O–H groups in total. The van der Waals surface area contributed by atoms with Crippen molar-refractivity contribution >= 4 is 11.6 Å². The van der Waals surface area contributed by atoms with Crippen molar-refractivity contribution < 1.29 is 0 Å². The Morgan fingerprint density at radius 3 is 2.81 bits per heavy atom. The molecular formula is C13H21ClN2. The van der Waals surface area contributed by atoms with Gasteiger partial charge in [0.2, 0.25) is 0 Å². The summed E-state index contributed by atoms with van der Waals surface area (Å²) in [6, 6.07) is 0.711. The number of hydrogen-bond acceptors (Lipinski definition) is 2. The van der Waals surface area contributed by atoms with Gasteiger partial charge >= 0.3 is 0 Å². The van der Waals surface area contributed by atoms with E-state index in [9.17, 15) is 0 Å². The summed E-state index contributed by atoms with van der Waals surface area (Å²) in [6.45, 7) is 3.41. The van der Waals surface area contributed by atoms with Crippen LogP contribution in [-0.4, -0.2) is 37.6 Å². The Labute approximate surface area is 103 Å². The first-order valence-corrected chi connectivity index (χ1v) is 6.61. The van der Waals surface area contributed by atoms with Gasteiger partial charge in [-0.05, 0) is 51.4 Å². The van der Waals surface area contributed by atoms with Crippen LogP contribution in [0.2, 0.25) is 0 Å². The van der Waals surface area contributed by atoms with Crippen molar-refractivity contribution in [3.63, 3.8) is 0 Å². The molecule has 1 heterocycles. The van der Waals surface area contributed by atoms with Crippen LogP contribution in [0.5, 0.6) is 0 Å². The van der Waals surface area contributed by atoms with E-state index in [1.807, 2.05) is 0 Å². The molecule has 1 aliphatic carbocycles. The van der Waals surface area contributed by atoms with Crippen molar-refractivity contribution in [3.05, 3.63) is 22.8 Å². The molecule has 2 aliphatic rings. The number of nitrogens with one attached hydrogen (secondary N) is 1. The molecular weight excluding hydrogens is 220 g/mol. The van der Waals surface area contributed by atoms with Gasteiger partial charge in [0.15, 0.2) is 0 Å². The molecule has 1 fully saturated rings. The summed E-state index contributed by atoms with van der Waals surface area (Å²) in [5.74, 6) is 0. The Bertz CT molecular complexity index is 288. The average Bonchev–Trinajstić information content (AvgIpc) is 2.33. The molecule has 16 heavy (non-hydrogen) atoms. The molecule has 0 radical (unpaired) electrons. The molecule has 0 aromatic heterocycles. The predicted octanol–water partition coefficient (Wildman–Crippen LogP) is 2.51. The molecule has 0 spiro atoms. The normalized spacial score (nSPS) is 24.1. The maximum absolute atomic E-state index is 6.25. The van der Waals surface area contributed by atoms with Gasteiger partial charge in [0.1, 0.15) is 0 Å². The molecule has 2 nitrogen and oxygen atoms in total. The lowest BCUT2D eigenvalue weighted by molar-refractivity contribution is 0.217. The van der Waals surface area contributed by atoms with Crippen molar-refractivity contribution in [1.82, 2.24) is 10.2 Å². The van der Waals surface area contributed by atoms with Crippen LogP contribution in [0, 0.1) is 0 Å². The van der Waals surface area contributed by atoms with Crippen LogP contribution < -0.4 is 5.32 Å². The van der Waals surface area contributed by atoms with Crippen molar-refractivity contribution in [2.45, 2.75) is 31.7 Å². The fraction of sp³-hybridized carbons (Fsp3) is 0.692. The first-order chi connectivity index (χ1) is 7.79. The van der Waals surface area contributed by atoms with Crippen LogP contribution in [0.4, 0.5) is 0 Å². The van der Waals surface area contributed by atoms with Crippen molar-refractivity contribution in [1.29, 1.82) is 0 Å². The molecule has 0 unspecified atom stereocenters. The highest BCUT2D eigenvalue weighted by molar-refractivity contribution is 6.30. The average molecular weight is 241 g/mol. The number of rotatable bonds is 3. The van der Waals surface area contributed by atoms with Crippen LogP contribution in [0.3, 0.4) is 0 Å². The Balaban J connectivity index is 1.85. The van der Waals surface area contributed by atoms with Gasteiger partial charge in [-0.15, -0.1) is 0 Å². The lowest BCUT2D eigenvalue weighted by Crippen LogP contribution is -2.41. The van der Waals surface area contributed by atoms with Gasteiger partial charge < -0.3 is 5.32 Å². The SMILES string of the molecule is CNC1CCN(CC2=C(Cl)CCC=C2)CC1.